The quantitative estimate of drug-likeness (QED) is 0.375. The first kappa shape index (κ1) is 21.7. The van der Waals surface area contributed by atoms with Crippen LogP contribution in [0.25, 0.3) is 10.9 Å². The Kier molecular flexibility index (Phi) is 6.25. The third-order valence-electron chi connectivity index (χ3n) is 5.80. The Morgan fingerprint density at radius 1 is 1.16 bits per heavy atom. The molecule has 2 aromatic heterocycles. The third kappa shape index (κ3) is 5.05. The van der Waals surface area contributed by atoms with Crippen molar-refractivity contribution in [1.29, 1.82) is 0 Å². The van der Waals surface area contributed by atoms with E-state index in [2.05, 4.69) is 15.0 Å². The summed E-state index contributed by atoms with van der Waals surface area (Å²) in [7, 11) is 0. The Balaban J connectivity index is 1.55. The number of nitrogens with zero attached hydrogens (tertiary/aromatic N) is 4. The summed E-state index contributed by atoms with van der Waals surface area (Å²) in [6.45, 7) is 2.34. The van der Waals surface area contributed by atoms with Gasteiger partial charge in [-0.05, 0) is 31.5 Å². The number of hydrogen-bond donors (Lipinski definition) is 0. The van der Waals surface area contributed by atoms with Crippen molar-refractivity contribution < 1.29 is 13.6 Å². The van der Waals surface area contributed by atoms with E-state index in [0.29, 0.717) is 28.5 Å². The van der Waals surface area contributed by atoms with Gasteiger partial charge in [-0.15, -0.1) is 0 Å². The van der Waals surface area contributed by atoms with Crippen LogP contribution < -0.4 is 0 Å². The number of rotatable bonds is 6. The molecular formula is C23H23ClF2N4O. The molecule has 1 atom stereocenters. The average Bonchev–Trinajstić information content (AvgIpc) is 2.75. The second kappa shape index (κ2) is 8.93. The third-order valence-corrected chi connectivity index (χ3v) is 6.01. The van der Waals surface area contributed by atoms with Crippen LogP contribution in [0.4, 0.5) is 8.78 Å². The molecule has 1 aliphatic heterocycles. The Labute approximate surface area is 184 Å². The number of aryl methyl sites for hydroxylation is 1. The lowest BCUT2D eigenvalue weighted by Crippen LogP contribution is -2.41. The molecule has 3 aromatic rings. The van der Waals surface area contributed by atoms with Crippen molar-refractivity contribution >= 4 is 28.3 Å². The van der Waals surface area contributed by atoms with E-state index in [9.17, 15) is 13.6 Å². The summed E-state index contributed by atoms with van der Waals surface area (Å²) in [5.74, 6) is -2.00. The summed E-state index contributed by atoms with van der Waals surface area (Å²) >= 11 is 5.97. The van der Waals surface area contributed by atoms with Gasteiger partial charge >= 0.3 is 0 Å². The van der Waals surface area contributed by atoms with E-state index in [-0.39, 0.29) is 44.2 Å². The number of carbonyl (C=O) groups excluding carboxylic acids is 1. The molecule has 1 fully saturated rings. The fourth-order valence-corrected chi connectivity index (χ4v) is 4.23. The summed E-state index contributed by atoms with van der Waals surface area (Å²) in [4.78, 5) is 27.9. The molecule has 1 aromatic carbocycles. The van der Waals surface area contributed by atoms with Crippen LogP contribution in [0.5, 0.6) is 0 Å². The van der Waals surface area contributed by atoms with Gasteiger partial charge in [0.1, 0.15) is 11.0 Å². The van der Waals surface area contributed by atoms with Crippen molar-refractivity contribution in [3.8, 4) is 0 Å². The molecule has 0 spiro atoms. The lowest BCUT2D eigenvalue weighted by Gasteiger charge is -2.37. The number of likely N-dealkylation sites (tertiary alicyclic amines) is 1. The van der Waals surface area contributed by atoms with Crippen LogP contribution >= 0.6 is 11.6 Å². The number of benzene rings is 1. The van der Waals surface area contributed by atoms with Crippen molar-refractivity contribution in [3.05, 3.63) is 64.8 Å². The molecule has 3 heterocycles. The molecule has 0 radical (unpaired) electrons. The molecule has 0 N–H and O–H groups in total. The number of alkyl halides is 2. The van der Waals surface area contributed by atoms with Gasteiger partial charge in [0.05, 0.1) is 5.52 Å². The molecule has 0 aliphatic carbocycles. The normalized spacial score (nSPS) is 17.5. The number of carbonyl (C=O) groups is 1. The minimum Gasteiger partial charge on any atom is -0.296 e. The van der Waals surface area contributed by atoms with E-state index in [4.69, 9.17) is 11.6 Å². The van der Waals surface area contributed by atoms with Crippen molar-refractivity contribution in [2.24, 2.45) is 0 Å². The van der Waals surface area contributed by atoms with Crippen molar-refractivity contribution in [1.82, 2.24) is 19.9 Å². The minimum atomic E-state index is -2.63. The highest BCUT2D eigenvalue weighted by atomic mass is 35.5. The molecule has 1 saturated heterocycles. The van der Waals surface area contributed by atoms with Gasteiger partial charge in [0, 0.05) is 67.3 Å². The molecule has 0 amide bonds. The average molecular weight is 445 g/mol. The van der Waals surface area contributed by atoms with E-state index in [1.54, 1.807) is 43.6 Å². The molecule has 0 bridgehead atoms. The van der Waals surface area contributed by atoms with Crippen LogP contribution in [0.15, 0.2) is 42.7 Å². The molecule has 0 saturated carbocycles. The zero-order chi connectivity index (χ0) is 22.0. The van der Waals surface area contributed by atoms with Gasteiger partial charge in [-0.2, -0.15) is 0 Å². The fraction of sp³-hybridized carbons (Fsp3) is 0.391. The largest absolute Gasteiger partial charge is 0.296 e. The maximum Gasteiger partial charge on any atom is 0.250 e. The topological polar surface area (TPSA) is 59.0 Å². The number of piperidine rings is 1. The molecule has 162 valence electrons. The van der Waals surface area contributed by atoms with Crippen molar-refractivity contribution in [2.45, 2.75) is 44.6 Å². The van der Waals surface area contributed by atoms with Crippen molar-refractivity contribution in [2.75, 3.05) is 13.1 Å². The standard InChI is InChI=1S/C23H23ClF2N4O/c1-15-27-13-16(14-28-15)20(30-11-9-23(25,26)10-12-30)6-7-21(31)18-3-2-4-19-17(18)5-8-22(24)29-19/h2-5,8,13-14,20H,6-7,9-12H2,1H3. The first-order valence-corrected chi connectivity index (χ1v) is 10.7. The van der Waals surface area contributed by atoms with Crippen LogP contribution in [0.2, 0.25) is 5.15 Å². The van der Waals surface area contributed by atoms with Gasteiger partial charge in [0.25, 0.3) is 5.92 Å². The number of aromatic nitrogens is 3. The van der Waals surface area contributed by atoms with Gasteiger partial charge in [0.2, 0.25) is 0 Å². The monoisotopic (exact) mass is 444 g/mol. The molecule has 8 heteroatoms. The number of ketones is 1. The minimum absolute atomic E-state index is 0.0184. The Morgan fingerprint density at radius 2 is 1.87 bits per heavy atom. The van der Waals surface area contributed by atoms with Crippen LogP contribution in [0.3, 0.4) is 0 Å². The summed E-state index contributed by atoms with van der Waals surface area (Å²) in [6, 6.07) is 8.67. The molecule has 31 heavy (non-hydrogen) atoms. The number of pyridine rings is 1. The summed E-state index contributed by atoms with van der Waals surface area (Å²) < 4.78 is 27.4. The van der Waals surface area contributed by atoms with Gasteiger partial charge in [-0.25, -0.2) is 23.7 Å². The smallest absolute Gasteiger partial charge is 0.250 e. The number of Topliss-reactive ketones (excluding diaryl/α,β-unsaturated/α-hetero) is 1. The summed E-state index contributed by atoms with van der Waals surface area (Å²) in [6.07, 6.45) is 3.86. The number of fused-ring (bicyclic) bond motifs is 1. The molecule has 1 unspecified atom stereocenters. The number of hydrogen-bond acceptors (Lipinski definition) is 5. The Bertz CT molecular complexity index is 1080. The second-order valence-electron chi connectivity index (χ2n) is 7.94. The van der Waals surface area contributed by atoms with Crippen LogP contribution in [0.1, 0.15) is 53.5 Å². The molecule has 1 aliphatic rings. The fourth-order valence-electron chi connectivity index (χ4n) is 4.07. The first-order chi connectivity index (χ1) is 14.8. The van der Waals surface area contributed by atoms with Gasteiger partial charge in [-0.1, -0.05) is 23.7 Å². The summed E-state index contributed by atoms with van der Waals surface area (Å²) in [5.41, 5.74) is 2.10. The van der Waals surface area contributed by atoms with E-state index >= 15 is 0 Å². The van der Waals surface area contributed by atoms with Crippen molar-refractivity contribution in [3.63, 3.8) is 0 Å². The second-order valence-corrected chi connectivity index (χ2v) is 8.33. The zero-order valence-electron chi connectivity index (χ0n) is 17.2. The summed E-state index contributed by atoms with van der Waals surface area (Å²) in [5, 5.41) is 1.13. The van der Waals surface area contributed by atoms with Crippen LogP contribution in [0, 0.1) is 6.92 Å². The first-order valence-electron chi connectivity index (χ1n) is 10.3. The van der Waals surface area contributed by atoms with Gasteiger partial charge in [-0.3, -0.25) is 9.69 Å². The highest BCUT2D eigenvalue weighted by Gasteiger charge is 2.36. The molecule has 4 rings (SSSR count). The number of halogens is 3. The lowest BCUT2D eigenvalue weighted by molar-refractivity contribution is -0.0641. The van der Waals surface area contributed by atoms with Crippen LogP contribution in [-0.4, -0.2) is 44.6 Å². The van der Waals surface area contributed by atoms with Gasteiger partial charge < -0.3 is 0 Å². The van der Waals surface area contributed by atoms with E-state index in [1.807, 2.05) is 11.0 Å². The van der Waals surface area contributed by atoms with E-state index < -0.39 is 5.92 Å². The predicted octanol–water partition coefficient (Wildman–Crippen LogP) is 5.42. The molecule has 5 nitrogen and oxygen atoms in total. The SMILES string of the molecule is Cc1ncc(C(CCC(=O)c2cccc3nc(Cl)ccc23)N2CCC(F)(F)CC2)cn1. The van der Waals surface area contributed by atoms with E-state index in [1.165, 1.54) is 0 Å². The maximum absolute atomic E-state index is 13.7. The maximum atomic E-state index is 13.7. The van der Waals surface area contributed by atoms with Gasteiger partial charge in [0.15, 0.2) is 5.78 Å². The van der Waals surface area contributed by atoms with Crippen LogP contribution in [-0.2, 0) is 0 Å². The highest BCUT2D eigenvalue weighted by Crippen LogP contribution is 2.34. The van der Waals surface area contributed by atoms with E-state index in [0.717, 1.165) is 10.9 Å². The Hall–Kier alpha value is -2.51. The molecular weight excluding hydrogens is 422 g/mol. The lowest BCUT2D eigenvalue weighted by atomic mass is 9.95. The zero-order valence-corrected chi connectivity index (χ0v) is 17.9. The Morgan fingerprint density at radius 3 is 2.58 bits per heavy atom. The predicted molar refractivity (Wildman–Crippen MR) is 116 cm³/mol. The highest BCUT2D eigenvalue weighted by molar-refractivity contribution is 6.29.